The van der Waals surface area contributed by atoms with Crippen LogP contribution in [0, 0.1) is 6.92 Å². The van der Waals surface area contributed by atoms with Crippen LogP contribution in [-0.4, -0.2) is 37.6 Å². The molecular weight excluding hydrogens is 356 g/mol. The van der Waals surface area contributed by atoms with Gasteiger partial charge in [0, 0.05) is 23.9 Å². The highest BCUT2D eigenvalue weighted by Crippen LogP contribution is 2.31. The summed E-state index contributed by atoms with van der Waals surface area (Å²) >= 11 is 0. The highest BCUT2D eigenvalue weighted by molar-refractivity contribution is 5.74. The molecule has 0 radical (unpaired) electrons. The standard InChI is InChI=1S/C20H28N6O2/c1-12(2)18-24-19(28-25-18)16-9-6-10-26(16)20(27)21-11-17-22-13(3)14-7-4-5-8-15(14)23-17/h12,16H,4-11H2,1-3H3,(H,21,27)/t16-/m0/s1. The van der Waals surface area contributed by atoms with Crippen LogP contribution < -0.4 is 5.32 Å². The lowest BCUT2D eigenvalue weighted by molar-refractivity contribution is 0.179. The molecule has 0 spiro atoms. The molecule has 1 aliphatic carbocycles. The van der Waals surface area contributed by atoms with Crippen molar-refractivity contribution in [3.05, 3.63) is 34.5 Å². The molecule has 1 fully saturated rings. The minimum absolute atomic E-state index is 0.134. The topological polar surface area (TPSA) is 97.0 Å². The Kier molecular flexibility index (Phi) is 5.28. The van der Waals surface area contributed by atoms with Crippen LogP contribution in [0.5, 0.6) is 0 Å². The second-order valence-electron chi connectivity index (χ2n) is 8.01. The number of aromatic nitrogens is 4. The molecule has 1 N–H and O–H groups in total. The normalized spacial score (nSPS) is 19.1. The molecule has 8 heteroatoms. The van der Waals surface area contributed by atoms with Gasteiger partial charge in [0.2, 0.25) is 5.89 Å². The molecule has 2 amide bonds. The summed E-state index contributed by atoms with van der Waals surface area (Å²) in [5.41, 5.74) is 3.48. The lowest BCUT2D eigenvalue weighted by Gasteiger charge is -2.22. The quantitative estimate of drug-likeness (QED) is 0.869. The fourth-order valence-corrected chi connectivity index (χ4v) is 4.06. The van der Waals surface area contributed by atoms with Gasteiger partial charge in [-0.2, -0.15) is 4.98 Å². The Labute approximate surface area is 165 Å². The van der Waals surface area contributed by atoms with Crippen LogP contribution in [0.15, 0.2) is 4.52 Å². The van der Waals surface area contributed by atoms with Crippen molar-refractivity contribution >= 4 is 6.03 Å². The third-order valence-corrected chi connectivity index (χ3v) is 5.61. The van der Waals surface area contributed by atoms with Gasteiger partial charge < -0.3 is 14.7 Å². The monoisotopic (exact) mass is 384 g/mol. The summed E-state index contributed by atoms with van der Waals surface area (Å²) in [6.07, 6.45) is 6.20. The van der Waals surface area contributed by atoms with E-state index in [0.29, 0.717) is 30.6 Å². The molecule has 28 heavy (non-hydrogen) atoms. The Hall–Kier alpha value is -2.51. The number of carbonyl (C=O) groups excluding carboxylic acids is 1. The van der Waals surface area contributed by atoms with Crippen LogP contribution in [0.25, 0.3) is 0 Å². The Balaban J connectivity index is 1.42. The molecule has 1 saturated heterocycles. The van der Waals surface area contributed by atoms with Gasteiger partial charge in [0.25, 0.3) is 0 Å². The molecular formula is C20H28N6O2. The maximum Gasteiger partial charge on any atom is 0.318 e. The summed E-state index contributed by atoms with van der Waals surface area (Å²) in [7, 11) is 0. The van der Waals surface area contributed by atoms with Crippen molar-refractivity contribution in [3.8, 4) is 0 Å². The highest BCUT2D eigenvalue weighted by atomic mass is 16.5. The van der Waals surface area contributed by atoms with E-state index in [-0.39, 0.29) is 18.0 Å². The van der Waals surface area contributed by atoms with Crippen molar-refractivity contribution in [2.75, 3.05) is 6.54 Å². The lowest BCUT2D eigenvalue weighted by atomic mass is 9.95. The zero-order chi connectivity index (χ0) is 19.7. The molecule has 0 bridgehead atoms. The first-order valence-corrected chi connectivity index (χ1v) is 10.3. The smallest absolute Gasteiger partial charge is 0.318 e. The second-order valence-corrected chi connectivity index (χ2v) is 8.01. The molecule has 2 aliphatic rings. The predicted molar refractivity (Wildman–Crippen MR) is 103 cm³/mol. The van der Waals surface area contributed by atoms with Crippen molar-refractivity contribution in [2.45, 2.75) is 77.8 Å². The molecule has 0 aromatic carbocycles. The predicted octanol–water partition coefficient (Wildman–Crippen LogP) is 3.22. The first-order chi connectivity index (χ1) is 13.5. The van der Waals surface area contributed by atoms with E-state index < -0.39 is 0 Å². The van der Waals surface area contributed by atoms with Gasteiger partial charge in [0.05, 0.1) is 6.54 Å². The van der Waals surface area contributed by atoms with Crippen LogP contribution in [0.2, 0.25) is 0 Å². The SMILES string of the molecule is Cc1nc(CNC(=O)N2CCC[C@H]2c2nc(C(C)C)no2)nc2c1CCCC2. The summed E-state index contributed by atoms with van der Waals surface area (Å²) in [4.78, 5) is 28.3. The number of carbonyl (C=O) groups is 1. The largest absolute Gasteiger partial charge is 0.337 e. The number of hydrogen-bond donors (Lipinski definition) is 1. The van der Waals surface area contributed by atoms with Crippen molar-refractivity contribution in [1.29, 1.82) is 0 Å². The van der Waals surface area contributed by atoms with Gasteiger partial charge in [0.1, 0.15) is 11.9 Å². The molecule has 2 aromatic rings. The maximum atomic E-state index is 12.8. The number of likely N-dealkylation sites (tertiary alicyclic amines) is 1. The van der Waals surface area contributed by atoms with Crippen LogP contribution in [0.1, 0.15) is 86.0 Å². The fourth-order valence-electron chi connectivity index (χ4n) is 4.06. The zero-order valence-electron chi connectivity index (χ0n) is 16.9. The minimum Gasteiger partial charge on any atom is -0.337 e. The number of fused-ring (bicyclic) bond motifs is 1. The van der Waals surface area contributed by atoms with Crippen LogP contribution in [0.4, 0.5) is 4.79 Å². The number of hydrogen-bond acceptors (Lipinski definition) is 6. The number of rotatable bonds is 4. The summed E-state index contributed by atoms with van der Waals surface area (Å²) in [5, 5.41) is 7.01. The van der Waals surface area contributed by atoms with Crippen molar-refractivity contribution < 1.29 is 9.32 Å². The number of urea groups is 1. The Morgan fingerprint density at radius 1 is 1.21 bits per heavy atom. The zero-order valence-corrected chi connectivity index (χ0v) is 16.9. The van der Waals surface area contributed by atoms with E-state index in [4.69, 9.17) is 4.52 Å². The molecule has 3 heterocycles. The molecule has 2 aromatic heterocycles. The van der Waals surface area contributed by atoms with Gasteiger partial charge in [-0.1, -0.05) is 19.0 Å². The number of nitrogens with zero attached hydrogens (tertiary/aromatic N) is 5. The van der Waals surface area contributed by atoms with Crippen LogP contribution >= 0.6 is 0 Å². The first-order valence-electron chi connectivity index (χ1n) is 10.3. The van der Waals surface area contributed by atoms with Crippen molar-refractivity contribution in [1.82, 2.24) is 30.3 Å². The minimum atomic E-state index is -0.161. The lowest BCUT2D eigenvalue weighted by Crippen LogP contribution is -2.39. The summed E-state index contributed by atoms with van der Waals surface area (Å²) in [5.74, 6) is 2.09. The van der Waals surface area contributed by atoms with Gasteiger partial charge in [-0.3, -0.25) is 0 Å². The third-order valence-electron chi connectivity index (χ3n) is 5.61. The van der Waals surface area contributed by atoms with Gasteiger partial charge in [-0.25, -0.2) is 14.8 Å². The highest BCUT2D eigenvalue weighted by Gasteiger charge is 2.34. The van der Waals surface area contributed by atoms with E-state index in [9.17, 15) is 4.79 Å². The molecule has 8 nitrogen and oxygen atoms in total. The van der Waals surface area contributed by atoms with E-state index in [1.54, 1.807) is 4.90 Å². The molecule has 4 rings (SSSR count). The van der Waals surface area contributed by atoms with Gasteiger partial charge >= 0.3 is 6.03 Å². The molecule has 1 atom stereocenters. The van der Waals surface area contributed by atoms with Gasteiger partial charge in [-0.15, -0.1) is 0 Å². The van der Waals surface area contributed by atoms with E-state index in [1.165, 1.54) is 18.4 Å². The maximum absolute atomic E-state index is 12.8. The molecule has 150 valence electrons. The summed E-state index contributed by atoms with van der Waals surface area (Å²) < 4.78 is 5.42. The van der Waals surface area contributed by atoms with Gasteiger partial charge in [-0.05, 0) is 51.0 Å². The average molecular weight is 384 g/mol. The van der Waals surface area contributed by atoms with E-state index in [1.807, 2.05) is 20.8 Å². The fraction of sp³-hybridized carbons (Fsp3) is 0.650. The van der Waals surface area contributed by atoms with E-state index in [0.717, 1.165) is 37.1 Å². The Morgan fingerprint density at radius 2 is 2.04 bits per heavy atom. The Bertz CT molecular complexity index is 862. The second kappa shape index (κ2) is 7.85. The summed E-state index contributed by atoms with van der Waals surface area (Å²) in [6, 6.07) is -0.294. The first kappa shape index (κ1) is 18.8. The molecule has 0 saturated carbocycles. The van der Waals surface area contributed by atoms with Gasteiger partial charge in [0.15, 0.2) is 5.82 Å². The van der Waals surface area contributed by atoms with E-state index >= 15 is 0 Å². The molecule has 1 aliphatic heterocycles. The van der Waals surface area contributed by atoms with Crippen molar-refractivity contribution in [2.24, 2.45) is 0 Å². The Morgan fingerprint density at radius 3 is 2.82 bits per heavy atom. The number of amides is 2. The molecule has 0 unspecified atom stereocenters. The van der Waals surface area contributed by atoms with Crippen LogP contribution in [-0.2, 0) is 19.4 Å². The van der Waals surface area contributed by atoms with Crippen LogP contribution in [0.3, 0.4) is 0 Å². The average Bonchev–Trinajstić information content (AvgIpc) is 3.35. The third kappa shape index (κ3) is 3.72. The summed E-state index contributed by atoms with van der Waals surface area (Å²) in [6.45, 7) is 7.09. The number of nitrogens with one attached hydrogen (secondary N) is 1. The number of aryl methyl sites for hydroxylation is 2. The van der Waals surface area contributed by atoms with E-state index in [2.05, 4.69) is 25.4 Å². The van der Waals surface area contributed by atoms with Crippen molar-refractivity contribution in [3.63, 3.8) is 0 Å².